The number of benzene rings is 1. The van der Waals surface area contributed by atoms with Crippen molar-refractivity contribution in [3.63, 3.8) is 0 Å². The second kappa shape index (κ2) is 8.07. The molecular formula is C15H22N2O5S. The van der Waals surface area contributed by atoms with Crippen LogP contribution in [0.3, 0.4) is 0 Å². The fraction of sp³-hybridized carbons (Fsp3) is 0.467. The molecule has 1 N–H and O–H groups in total. The maximum atomic E-state index is 12.4. The third kappa shape index (κ3) is 5.65. The minimum atomic E-state index is -3.93. The Bertz CT molecular complexity index is 653. The quantitative estimate of drug-likeness (QED) is 0.736. The zero-order valence-electron chi connectivity index (χ0n) is 13.7. The zero-order chi connectivity index (χ0) is 17.6. The van der Waals surface area contributed by atoms with Gasteiger partial charge in [-0.1, -0.05) is 17.7 Å². The van der Waals surface area contributed by atoms with Gasteiger partial charge in [-0.15, -0.1) is 0 Å². The van der Waals surface area contributed by atoms with Crippen LogP contribution in [0, 0.1) is 6.92 Å². The van der Waals surface area contributed by atoms with Crippen molar-refractivity contribution in [1.29, 1.82) is 0 Å². The zero-order valence-corrected chi connectivity index (χ0v) is 14.5. The molecule has 128 valence electrons. The molecule has 8 heteroatoms. The average molecular weight is 342 g/mol. The van der Waals surface area contributed by atoms with E-state index in [0.717, 1.165) is 5.56 Å². The van der Waals surface area contributed by atoms with Gasteiger partial charge in [-0.25, -0.2) is 8.42 Å². The number of esters is 1. The Labute approximate surface area is 136 Å². The van der Waals surface area contributed by atoms with E-state index in [9.17, 15) is 18.0 Å². The number of rotatable bonds is 7. The SMILES string of the molecule is CCOC(=O)C(CC(=O)N(C)C)NS(=O)(=O)c1ccc(C)cc1. The molecule has 1 unspecified atom stereocenters. The Balaban J connectivity index is 3.00. The van der Waals surface area contributed by atoms with Crippen LogP contribution in [0.25, 0.3) is 0 Å². The van der Waals surface area contributed by atoms with Crippen molar-refractivity contribution in [2.24, 2.45) is 0 Å². The highest BCUT2D eigenvalue weighted by atomic mass is 32.2. The Hall–Kier alpha value is -1.93. The van der Waals surface area contributed by atoms with Gasteiger partial charge in [-0.2, -0.15) is 4.72 Å². The molecule has 0 bridgehead atoms. The second-order valence-electron chi connectivity index (χ2n) is 5.23. The summed E-state index contributed by atoms with van der Waals surface area (Å²) in [5.74, 6) is -1.16. The first kappa shape index (κ1) is 19.1. The molecule has 0 heterocycles. The number of ether oxygens (including phenoxy) is 1. The number of sulfonamides is 1. The molecule has 0 aliphatic heterocycles. The molecule has 0 aliphatic carbocycles. The fourth-order valence-electron chi connectivity index (χ4n) is 1.75. The van der Waals surface area contributed by atoms with Crippen LogP contribution in [-0.4, -0.2) is 51.9 Å². The van der Waals surface area contributed by atoms with Crippen LogP contribution in [0.4, 0.5) is 0 Å². The first-order valence-corrected chi connectivity index (χ1v) is 8.61. The standard InChI is InChI=1S/C15H22N2O5S/c1-5-22-15(19)13(10-14(18)17(3)4)16-23(20,21)12-8-6-11(2)7-9-12/h6-9,13,16H,5,10H2,1-4H3. The highest BCUT2D eigenvalue weighted by molar-refractivity contribution is 7.89. The van der Waals surface area contributed by atoms with Gasteiger partial charge < -0.3 is 9.64 Å². The Morgan fingerprint density at radius 2 is 1.78 bits per heavy atom. The molecule has 0 saturated heterocycles. The van der Waals surface area contributed by atoms with Crippen LogP contribution in [0.2, 0.25) is 0 Å². The van der Waals surface area contributed by atoms with E-state index in [0.29, 0.717) is 0 Å². The van der Waals surface area contributed by atoms with E-state index < -0.39 is 22.0 Å². The predicted molar refractivity (Wildman–Crippen MR) is 85.2 cm³/mol. The number of nitrogens with zero attached hydrogens (tertiary/aromatic N) is 1. The molecule has 1 atom stereocenters. The van der Waals surface area contributed by atoms with Crippen LogP contribution in [0.1, 0.15) is 18.9 Å². The maximum absolute atomic E-state index is 12.4. The van der Waals surface area contributed by atoms with E-state index >= 15 is 0 Å². The van der Waals surface area contributed by atoms with Gasteiger partial charge in [0.2, 0.25) is 15.9 Å². The second-order valence-corrected chi connectivity index (χ2v) is 6.95. The summed E-state index contributed by atoms with van der Waals surface area (Å²) < 4.78 is 31.8. The van der Waals surface area contributed by atoms with Crippen molar-refractivity contribution in [2.45, 2.75) is 31.2 Å². The molecule has 1 aromatic carbocycles. The summed E-state index contributed by atoms with van der Waals surface area (Å²) in [6.07, 6.45) is -0.309. The maximum Gasteiger partial charge on any atom is 0.324 e. The topological polar surface area (TPSA) is 92.8 Å². The first-order valence-electron chi connectivity index (χ1n) is 7.13. The lowest BCUT2D eigenvalue weighted by molar-refractivity contribution is -0.147. The van der Waals surface area contributed by atoms with Crippen molar-refractivity contribution in [3.05, 3.63) is 29.8 Å². The highest BCUT2D eigenvalue weighted by Gasteiger charge is 2.29. The van der Waals surface area contributed by atoms with Gasteiger partial charge in [0, 0.05) is 14.1 Å². The summed E-state index contributed by atoms with van der Waals surface area (Å²) in [6, 6.07) is 4.91. The molecule has 23 heavy (non-hydrogen) atoms. The molecule has 0 fully saturated rings. The molecule has 1 aromatic rings. The van der Waals surface area contributed by atoms with Crippen molar-refractivity contribution < 1.29 is 22.7 Å². The van der Waals surface area contributed by atoms with Crippen molar-refractivity contribution in [2.75, 3.05) is 20.7 Å². The normalized spacial score (nSPS) is 12.5. The summed E-state index contributed by atoms with van der Waals surface area (Å²) in [5, 5.41) is 0. The Morgan fingerprint density at radius 3 is 2.26 bits per heavy atom. The Morgan fingerprint density at radius 1 is 1.22 bits per heavy atom. The van der Waals surface area contributed by atoms with Gasteiger partial charge in [0.25, 0.3) is 0 Å². The molecule has 0 radical (unpaired) electrons. The summed E-state index contributed by atoms with van der Waals surface area (Å²) >= 11 is 0. The lowest BCUT2D eigenvalue weighted by atomic mass is 10.2. The van der Waals surface area contributed by atoms with Crippen molar-refractivity contribution in [3.8, 4) is 0 Å². The van der Waals surface area contributed by atoms with Crippen molar-refractivity contribution >= 4 is 21.9 Å². The van der Waals surface area contributed by atoms with Gasteiger partial charge in [0.05, 0.1) is 17.9 Å². The number of nitrogens with one attached hydrogen (secondary N) is 1. The van der Waals surface area contributed by atoms with Crippen LogP contribution in [0.15, 0.2) is 29.2 Å². The number of hydrogen-bond donors (Lipinski definition) is 1. The summed E-state index contributed by atoms with van der Waals surface area (Å²) in [6.45, 7) is 3.54. The molecule has 0 saturated carbocycles. The van der Waals surface area contributed by atoms with E-state index in [2.05, 4.69) is 4.72 Å². The molecular weight excluding hydrogens is 320 g/mol. The van der Waals surface area contributed by atoms with Crippen LogP contribution >= 0.6 is 0 Å². The van der Waals surface area contributed by atoms with E-state index in [1.54, 1.807) is 19.1 Å². The average Bonchev–Trinajstić information content (AvgIpc) is 2.46. The van der Waals surface area contributed by atoms with Gasteiger partial charge >= 0.3 is 5.97 Å². The molecule has 7 nitrogen and oxygen atoms in total. The molecule has 1 amide bonds. The first-order chi connectivity index (χ1) is 10.7. The van der Waals surface area contributed by atoms with E-state index in [1.165, 1.54) is 31.1 Å². The number of carbonyl (C=O) groups is 2. The molecule has 0 spiro atoms. The van der Waals surface area contributed by atoms with Gasteiger partial charge in [-0.3, -0.25) is 9.59 Å². The number of amides is 1. The molecule has 0 aromatic heterocycles. The van der Waals surface area contributed by atoms with Crippen LogP contribution < -0.4 is 4.72 Å². The smallest absolute Gasteiger partial charge is 0.324 e. The van der Waals surface area contributed by atoms with E-state index in [-0.39, 0.29) is 23.8 Å². The lowest BCUT2D eigenvalue weighted by Gasteiger charge is -2.19. The van der Waals surface area contributed by atoms with Gasteiger partial charge in [-0.05, 0) is 26.0 Å². The minimum Gasteiger partial charge on any atom is -0.465 e. The number of carbonyl (C=O) groups excluding carboxylic acids is 2. The Kier molecular flexibility index (Phi) is 6.71. The van der Waals surface area contributed by atoms with Gasteiger partial charge in [0.15, 0.2) is 0 Å². The number of aryl methyl sites for hydroxylation is 1. The highest BCUT2D eigenvalue weighted by Crippen LogP contribution is 2.12. The van der Waals surface area contributed by atoms with Crippen LogP contribution in [0.5, 0.6) is 0 Å². The molecule has 1 rings (SSSR count). The summed E-state index contributed by atoms with van der Waals surface area (Å²) in [4.78, 5) is 25.1. The summed E-state index contributed by atoms with van der Waals surface area (Å²) in [5.41, 5.74) is 0.911. The summed E-state index contributed by atoms with van der Waals surface area (Å²) in [7, 11) is -0.879. The fourth-order valence-corrected chi connectivity index (χ4v) is 2.93. The largest absolute Gasteiger partial charge is 0.465 e. The van der Waals surface area contributed by atoms with E-state index in [1.807, 2.05) is 6.92 Å². The molecule has 0 aliphatic rings. The lowest BCUT2D eigenvalue weighted by Crippen LogP contribution is -2.44. The third-order valence-electron chi connectivity index (χ3n) is 3.08. The van der Waals surface area contributed by atoms with Crippen LogP contribution in [-0.2, 0) is 24.3 Å². The van der Waals surface area contributed by atoms with Gasteiger partial charge in [0.1, 0.15) is 6.04 Å². The van der Waals surface area contributed by atoms with E-state index in [4.69, 9.17) is 4.74 Å². The monoisotopic (exact) mass is 342 g/mol. The minimum absolute atomic E-state index is 0.0229. The predicted octanol–water partition coefficient (Wildman–Crippen LogP) is 0.683. The third-order valence-corrected chi connectivity index (χ3v) is 4.56. The number of hydrogen-bond acceptors (Lipinski definition) is 5. The van der Waals surface area contributed by atoms with Crippen molar-refractivity contribution in [1.82, 2.24) is 9.62 Å².